The quantitative estimate of drug-likeness (QED) is 0.0944. The Morgan fingerprint density at radius 1 is 0.750 bits per heavy atom. The summed E-state index contributed by atoms with van der Waals surface area (Å²) in [6, 6.07) is 27.8. The number of anilines is 6. The second-order valence-corrected chi connectivity index (χ2v) is 10.3. The number of aromatic amines is 1. The molecule has 2 aromatic heterocycles. The first-order valence-electron chi connectivity index (χ1n) is 13.2. The van der Waals surface area contributed by atoms with Gasteiger partial charge in [0.1, 0.15) is 16.9 Å². The highest BCUT2D eigenvalue weighted by Gasteiger charge is 2.19. The first kappa shape index (κ1) is 28.4. The highest BCUT2D eigenvalue weighted by atomic mass is 35.5. The van der Waals surface area contributed by atoms with Gasteiger partial charge in [0.05, 0.1) is 5.69 Å². The van der Waals surface area contributed by atoms with Crippen LogP contribution in [0.4, 0.5) is 34.6 Å². The van der Waals surface area contributed by atoms with Crippen LogP contribution in [0, 0.1) is 0 Å². The van der Waals surface area contributed by atoms with Crippen LogP contribution in [0.3, 0.4) is 0 Å². The molecule has 6 rings (SSSR count). The fourth-order valence-electron chi connectivity index (χ4n) is 4.36. The fraction of sp³-hybridized carbons (Fsp3) is 0. The number of halogens is 1. The summed E-state index contributed by atoms with van der Waals surface area (Å²) in [6.07, 6.45) is 0. The second kappa shape index (κ2) is 12.3. The van der Waals surface area contributed by atoms with E-state index in [-0.39, 0.29) is 45.7 Å². The van der Waals surface area contributed by atoms with E-state index in [1.165, 1.54) is 12.1 Å². The Balaban J connectivity index is 1.32. The maximum absolute atomic E-state index is 13.3. The van der Waals surface area contributed by atoms with E-state index in [0.29, 0.717) is 21.5 Å². The molecule has 0 spiro atoms. The van der Waals surface area contributed by atoms with Crippen molar-refractivity contribution in [2.75, 3.05) is 21.3 Å². The summed E-state index contributed by atoms with van der Waals surface area (Å²) in [5.74, 6) is -0.165. The van der Waals surface area contributed by atoms with Crippen molar-refractivity contribution in [2.24, 2.45) is 0 Å². The molecular formula is C31H23ClN8O3S. The molecule has 6 aromatic rings. The molecule has 0 unspecified atom stereocenters. The van der Waals surface area contributed by atoms with Crippen LogP contribution in [0.25, 0.3) is 22.3 Å². The van der Waals surface area contributed by atoms with Crippen LogP contribution in [-0.2, 0) is 0 Å². The molecule has 0 saturated heterocycles. The van der Waals surface area contributed by atoms with Crippen LogP contribution in [0.5, 0.6) is 11.5 Å². The lowest BCUT2D eigenvalue weighted by Crippen LogP contribution is -2.18. The molecule has 4 aromatic carbocycles. The Bertz CT molecular complexity index is 2060. The number of phenols is 2. The highest BCUT2D eigenvalue weighted by Crippen LogP contribution is 2.34. The Morgan fingerprint density at radius 3 is 2.18 bits per heavy atom. The zero-order valence-corrected chi connectivity index (χ0v) is 24.2. The molecule has 218 valence electrons. The van der Waals surface area contributed by atoms with Crippen LogP contribution in [-0.4, -0.2) is 35.3 Å². The predicted octanol–water partition coefficient (Wildman–Crippen LogP) is 6.74. The number of nitrogens with zero attached hydrogens (tertiary/aromatic N) is 3. The molecule has 0 saturated carbocycles. The Hall–Kier alpha value is -5.72. The molecule has 0 bridgehead atoms. The lowest BCUT2D eigenvalue weighted by molar-refractivity contribution is 0.452. The molecule has 2 heterocycles. The number of thiocarbonyl (C=S) groups is 1. The lowest BCUT2D eigenvalue weighted by Gasteiger charge is -2.13. The van der Waals surface area contributed by atoms with E-state index in [2.05, 4.69) is 41.2 Å². The molecule has 0 fully saturated rings. The fourth-order valence-corrected chi connectivity index (χ4v) is 4.78. The van der Waals surface area contributed by atoms with Gasteiger partial charge in [0.15, 0.2) is 10.8 Å². The van der Waals surface area contributed by atoms with Crippen LogP contribution >= 0.6 is 23.8 Å². The van der Waals surface area contributed by atoms with Gasteiger partial charge in [-0.25, -0.2) is 4.98 Å². The van der Waals surface area contributed by atoms with Gasteiger partial charge in [0.25, 0.3) is 5.56 Å². The SMILES string of the molecule is O=c1[nH]c(Nc2cccc(Cl)c2)nc2nc(Nc3ccc(NC(=S)Nc4ccccc4)cc3)nc(-c3ccc(O)cc3O)c12. The second-order valence-electron chi connectivity index (χ2n) is 9.49. The van der Waals surface area contributed by atoms with E-state index in [0.717, 1.165) is 17.4 Å². The molecule has 0 amide bonds. The van der Waals surface area contributed by atoms with E-state index >= 15 is 0 Å². The van der Waals surface area contributed by atoms with Crippen molar-refractivity contribution in [1.29, 1.82) is 0 Å². The van der Waals surface area contributed by atoms with Gasteiger partial charge in [-0.15, -0.1) is 0 Å². The van der Waals surface area contributed by atoms with E-state index in [9.17, 15) is 15.0 Å². The standard InChI is InChI=1S/C31H23ClN8O3S/c32-17-5-4-8-21(15-17)34-30-39-27-25(28(43)40-30)26(23-14-13-22(41)16-24(23)42)37-29(38-27)33-19-9-11-20(12-10-19)36-31(44)35-18-6-2-1-3-7-18/h1-16,41-42H,(H2,35,36,44)(H3,33,34,37,38,39,40,43). The van der Waals surface area contributed by atoms with E-state index < -0.39 is 5.56 Å². The lowest BCUT2D eigenvalue weighted by atomic mass is 10.1. The van der Waals surface area contributed by atoms with Crippen molar-refractivity contribution in [3.8, 4) is 22.8 Å². The smallest absolute Gasteiger partial charge is 0.264 e. The van der Waals surface area contributed by atoms with E-state index in [1.54, 1.807) is 36.4 Å². The Kier molecular flexibility index (Phi) is 7.91. The normalized spacial score (nSPS) is 10.8. The topological polar surface area (TPSA) is 160 Å². The number of hydrogen-bond donors (Lipinski definition) is 7. The number of rotatable bonds is 7. The highest BCUT2D eigenvalue weighted by molar-refractivity contribution is 7.80. The third kappa shape index (κ3) is 6.51. The zero-order chi connectivity index (χ0) is 30.6. The number of aromatic nitrogens is 4. The van der Waals surface area contributed by atoms with Gasteiger partial charge in [-0.3, -0.25) is 9.78 Å². The first-order valence-corrected chi connectivity index (χ1v) is 14.0. The largest absolute Gasteiger partial charge is 0.508 e. The summed E-state index contributed by atoms with van der Waals surface area (Å²) in [6.45, 7) is 0. The Morgan fingerprint density at radius 2 is 1.45 bits per heavy atom. The van der Waals surface area contributed by atoms with Crippen LogP contribution in [0.1, 0.15) is 0 Å². The molecule has 0 atom stereocenters. The molecule has 0 aliphatic heterocycles. The number of benzene rings is 4. The van der Waals surface area contributed by atoms with Crippen molar-refractivity contribution in [1.82, 2.24) is 19.9 Å². The van der Waals surface area contributed by atoms with Crippen molar-refractivity contribution in [3.63, 3.8) is 0 Å². The predicted molar refractivity (Wildman–Crippen MR) is 177 cm³/mol. The average molecular weight is 623 g/mol. The van der Waals surface area contributed by atoms with Gasteiger partial charge in [-0.1, -0.05) is 35.9 Å². The molecule has 7 N–H and O–H groups in total. The van der Waals surface area contributed by atoms with E-state index in [1.807, 2.05) is 42.5 Å². The molecule has 0 aliphatic rings. The average Bonchev–Trinajstić information content (AvgIpc) is 2.98. The number of hydrogen-bond acceptors (Lipinski definition) is 9. The number of aromatic hydroxyl groups is 2. The molecule has 0 aliphatic carbocycles. The summed E-state index contributed by atoms with van der Waals surface area (Å²) >= 11 is 11.5. The summed E-state index contributed by atoms with van der Waals surface area (Å²) in [7, 11) is 0. The molecule has 13 heteroatoms. The van der Waals surface area contributed by atoms with Crippen molar-refractivity contribution >= 4 is 74.6 Å². The third-order valence-electron chi connectivity index (χ3n) is 6.32. The number of fused-ring (bicyclic) bond motifs is 1. The molecular weight excluding hydrogens is 600 g/mol. The van der Waals surface area contributed by atoms with Crippen molar-refractivity contribution in [2.45, 2.75) is 0 Å². The van der Waals surface area contributed by atoms with Gasteiger partial charge in [-0.2, -0.15) is 9.97 Å². The minimum absolute atomic E-state index is 0.0483. The summed E-state index contributed by atoms with van der Waals surface area (Å²) in [5.41, 5.74) is 2.72. The Labute approximate surface area is 260 Å². The maximum Gasteiger partial charge on any atom is 0.264 e. The number of para-hydroxylation sites is 1. The van der Waals surface area contributed by atoms with Crippen molar-refractivity contribution in [3.05, 3.63) is 112 Å². The summed E-state index contributed by atoms with van der Waals surface area (Å²) in [4.78, 5) is 29.6. The van der Waals surface area contributed by atoms with E-state index in [4.69, 9.17) is 23.8 Å². The van der Waals surface area contributed by atoms with Crippen LogP contribution in [0.15, 0.2) is 102 Å². The number of nitrogens with one attached hydrogen (secondary N) is 5. The van der Waals surface area contributed by atoms with Crippen LogP contribution in [0.2, 0.25) is 5.02 Å². The molecule has 11 nitrogen and oxygen atoms in total. The maximum atomic E-state index is 13.3. The minimum atomic E-state index is -0.538. The summed E-state index contributed by atoms with van der Waals surface area (Å²) < 4.78 is 0. The monoisotopic (exact) mass is 622 g/mol. The number of H-pyrrole nitrogens is 1. The van der Waals surface area contributed by atoms with Gasteiger partial charge >= 0.3 is 0 Å². The van der Waals surface area contributed by atoms with Gasteiger partial charge in [0.2, 0.25) is 11.9 Å². The minimum Gasteiger partial charge on any atom is -0.508 e. The molecule has 44 heavy (non-hydrogen) atoms. The zero-order valence-electron chi connectivity index (χ0n) is 22.7. The van der Waals surface area contributed by atoms with Gasteiger partial charge in [0, 0.05) is 39.4 Å². The van der Waals surface area contributed by atoms with Crippen LogP contribution < -0.4 is 26.8 Å². The third-order valence-corrected chi connectivity index (χ3v) is 6.76. The van der Waals surface area contributed by atoms with Gasteiger partial charge in [-0.05, 0) is 78.9 Å². The summed E-state index contributed by atoms with van der Waals surface area (Å²) in [5, 5.41) is 33.9. The van der Waals surface area contributed by atoms with Gasteiger partial charge < -0.3 is 31.5 Å². The molecule has 0 radical (unpaired) electrons. The first-order chi connectivity index (χ1) is 21.3. The number of phenolic OH excluding ortho intramolecular Hbond substituents is 2. The van der Waals surface area contributed by atoms with Crippen molar-refractivity contribution < 1.29 is 10.2 Å².